The van der Waals surface area contributed by atoms with Crippen molar-refractivity contribution >= 4 is 16.9 Å². The van der Waals surface area contributed by atoms with Gasteiger partial charge in [-0.25, -0.2) is 4.79 Å². The minimum absolute atomic E-state index is 0.0310. The molecule has 1 saturated carbocycles. The summed E-state index contributed by atoms with van der Waals surface area (Å²) in [6, 6.07) is 2.99. The van der Waals surface area contributed by atoms with E-state index in [1.165, 1.54) is 6.07 Å². The number of nitrogens with one attached hydrogen (secondary N) is 2. The Kier molecular flexibility index (Phi) is 6.74. The van der Waals surface area contributed by atoms with E-state index in [2.05, 4.69) is 22.8 Å². The number of carbonyl (C=O) groups is 1. The molecule has 0 radical (unpaired) electrons. The molecule has 2 aromatic rings. The third-order valence-corrected chi connectivity index (χ3v) is 11.1. The van der Waals surface area contributed by atoms with Crippen molar-refractivity contribution in [1.82, 2.24) is 10.6 Å². The van der Waals surface area contributed by atoms with Crippen LogP contribution in [-0.2, 0) is 14.3 Å². The Morgan fingerprint density at radius 1 is 1.06 bits per heavy atom. The number of phenolic OH excluding ortho intramolecular Hbond substituents is 1. The molecule has 1 aromatic carbocycles. The van der Waals surface area contributed by atoms with Crippen molar-refractivity contribution in [2.24, 2.45) is 23.3 Å². The van der Waals surface area contributed by atoms with Gasteiger partial charge in [0, 0.05) is 36.1 Å². The summed E-state index contributed by atoms with van der Waals surface area (Å²) in [7, 11) is 0. The van der Waals surface area contributed by atoms with Gasteiger partial charge in [0.2, 0.25) is 0 Å². The monoisotopic (exact) mass is 642 g/mol. The predicted octanol–water partition coefficient (Wildman–Crippen LogP) is 3.74. The van der Waals surface area contributed by atoms with Gasteiger partial charge < -0.3 is 45.8 Å². The van der Waals surface area contributed by atoms with Crippen LogP contribution in [0.5, 0.6) is 11.5 Å². The molecule has 11 nitrogen and oxygen atoms in total. The van der Waals surface area contributed by atoms with Gasteiger partial charge in [0.05, 0.1) is 23.8 Å². The highest BCUT2D eigenvalue weighted by Gasteiger charge is 2.69. The van der Waals surface area contributed by atoms with E-state index in [4.69, 9.17) is 30.1 Å². The van der Waals surface area contributed by atoms with Crippen LogP contribution < -0.4 is 32.3 Å². The van der Waals surface area contributed by atoms with Crippen LogP contribution in [0.3, 0.4) is 0 Å². The number of phenols is 1. The maximum absolute atomic E-state index is 14.3. The lowest BCUT2D eigenvalue weighted by Gasteiger charge is -2.47. The van der Waals surface area contributed by atoms with Crippen LogP contribution in [0.25, 0.3) is 11.0 Å². The average Bonchev–Trinajstić information content (AvgIpc) is 3.74. The van der Waals surface area contributed by atoms with Crippen molar-refractivity contribution in [2.75, 3.05) is 6.54 Å². The molecule has 1 aromatic heterocycles. The summed E-state index contributed by atoms with van der Waals surface area (Å²) < 4.78 is 25.2. The number of hydrogen-bond donors (Lipinski definition) is 5. The SMILES string of the molecule is Cc1cc(=O)c2c(O)c3c(cc2o1)OC(C)(C)[C@@H]1OC(=O)[C@]2(O[C@@H]2CCC2=CC(C4=CCNC(N)=C4)NC(N)=C2)C2CCC(CC2)[C@@H]31. The molecular formula is C36H42N4O7. The Labute approximate surface area is 272 Å². The predicted molar refractivity (Wildman–Crippen MR) is 174 cm³/mol. The smallest absolute Gasteiger partial charge is 0.341 e. The van der Waals surface area contributed by atoms with Crippen molar-refractivity contribution in [3.63, 3.8) is 0 Å². The molecular weight excluding hydrogens is 600 g/mol. The summed E-state index contributed by atoms with van der Waals surface area (Å²) in [5.74, 6) is 1.40. The molecule has 4 fully saturated rings. The molecule has 6 aliphatic heterocycles. The minimum Gasteiger partial charge on any atom is -0.507 e. The Hall–Kier alpha value is -4.38. The van der Waals surface area contributed by atoms with Gasteiger partial charge in [-0.1, -0.05) is 12.2 Å². The number of dihydropyridines is 2. The maximum Gasteiger partial charge on any atom is 0.341 e. The number of fused-ring (bicyclic) bond motifs is 5. The van der Waals surface area contributed by atoms with Crippen molar-refractivity contribution < 1.29 is 28.5 Å². The van der Waals surface area contributed by atoms with E-state index in [0.29, 0.717) is 48.1 Å². The molecule has 1 unspecified atom stereocenters. The van der Waals surface area contributed by atoms with Gasteiger partial charge in [-0.2, -0.15) is 0 Å². The topological polar surface area (TPSA) is 175 Å². The Morgan fingerprint density at radius 3 is 2.62 bits per heavy atom. The number of aryl methyl sites for hydroxylation is 1. The first kappa shape index (κ1) is 30.0. The van der Waals surface area contributed by atoms with Crippen molar-refractivity contribution in [1.29, 1.82) is 0 Å². The lowest BCUT2D eigenvalue weighted by molar-refractivity contribution is -0.172. The third-order valence-electron chi connectivity index (χ3n) is 11.1. The fraction of sp³-hybridized carbons (Fsp3) is 0.500. The summed E-state index contributed by atoms with van der Waals surface area (Å²) in [5, 5.41) is 18.2. The molecule has 9 rings (SSSR count). The van der Waals surface area contributed by atoms with E-state index in [1.54, 1.807) is 13.0 Å². The summed E-state index contributed by atoms with van der Waals surface area (Å²) in [6.45, 7) is 6.18. The van der Waals surface area contributed by atoms with E-state index in [1.807, 2.05) is 26.0 Å². The Morgan fingerprint density at radius 2 is 1.85 bits per heavy atom. The molecule has 7 aliphatic rings. The lowest BCUT2D eigenvalue weighted by Crippen LogP contribution is -2.53. The van der Waals surface area contributed by atoms with Crippen LogP contribution in [0, 0.1) is 18.8 Å². The number of nitrogens with two attached hydrogens (primary N) is 2. The quantitative estimate of drug-likeness (QED) is 0.243. The fourth-order valence-electron chi connectivity index (χ4n) is 8.89. The van der Waals surface area contributed by atoms with Crippen LogP contribution in [0.4, 0.5) is 0 Å². The Bertz CT molecular complexity index is 1860. The molecule has 11 heteroatoms. The summed E-state index contributed by atoms with van der Waals surface area (Å²) in [6.07, 6.45) is 11.8. The largest absolute Gasteiger partial charge is 0.507 e. The van der Waals surface area contributed by atoms with Crippen molar-refractivity contribution in [2.45, 2.75) is 94.7 Å². The van der Waals surface area contributed by atoms with Gasteiger partial charge in [-0.3, -0.25) is 4.79 Å². The van der Waals surface area contributed by atoms with E-state index in [-0.39, 0.29) is 58.0 Å². The highest BCUT2D eigenvalue weighted by molar-refractivity contribution is 5.88. The summed E-state index contributed by atoms with van der Waals surface area (Å²) >= 11 is 0. The van der Waals surface area contributed by atoms with E-state index >= 15 is 0 Å². The molecule has 1 spiro atoms. The molecule has 0 amide bonds. The molecule has 248 valence electrons. The van der Waals surface area contributed by atoms with Gasteiger partial charge in [-0.15, -0.1) is 0 Å². The van der Waals surface area contributed by atoms with Crippen molar-refractivity contribution in [3.05, 3.63) is 80.8 Å². The molecule has 1 aliphatic carbocycles. The van der Waals surface area contributed by atoms with Crippen LogP contribution in [0.2, 0.25) is 0 Å². The van der Waals surface area contributed by atoms with Gasteiger partial charge in [0.25, 0.3) is 0 Å². The van der Waals surface area contributed by atoms with Gasteiger partial charge >= 0.3 is 5.97 Å². The van der Waals surface area contributed by atoms with E-state index < -0.39 is 17.3 Å². The number of benzene rings is 1. The first-order valence-electron chi connectivity index (χ1n) is 16.7. The lowest BCUT2D eigenvalue weighted by atomic mass is 9.66. The van der Waals surface area contributed by atoms with Crippen molar-refractivity contribution in [3.8, 4) is 11.5 Å². The van der Waals surface area contributed by atoms with Gasteiger partial charge in [0.1, 0.15) is 39.9 Å². The van der Waals surface area contributed by atoms with Crippen LogP contribution >= 0.6 is 0 Å². The number of epoxide rings is 1. The van der Waals surface area contributed by atoms with Gasteiger partial charge in [-0.05, 0) is 88.5 Å². The molecule has 5 atom stereocenters. The standard InChI is InChI=1S/C36H42N4O7/c1-17-12-23(41)30-24(44-17)16-25-31(32(30)42)29-19-5-7-21(8-6-19)36(34(43)45-33(29)35(2,3)46-25)26(47-36)9-4-18-13-22(40-28(38)14-18)20-10-11-39-27(37)15-20/h10,12-16,19,21-22,26,29,33,39-40,42H,4-9,11,37-38H2,1-3H3/t19?,21?,22?,26-,29+,33-,36+/m1/s1. The highest BCUT2D eigenvalue weighted by Crippen LogP contribution is 2.60. The minimum atomic E-state index is -1.02. The number of esters is 1. The zero-order valence-corrected chi connectivity index (χ0v) is 26.9. The zero-order chi connectivity index (χ0) is 32.8. The number of aromatic hydroxyl groups is 1. The highest BCUT2D eigenvalue weighted by atomic mass is 16.7. The van der Waals surface area contributed by atoms with E-state index in [9.17, 15) is 14.7 Å². The van der Waals surface area contributed by atoms with Crippen LogP contribution in [-0.4, -0.2) is 47.1 Å². The third kappa shape index (κ3) is 4.80. The molecule has 7 N–H and O–H groups in total. The van der Waals surface area contributed by atoms with E-state index in [0.717, 1.165) is 36.8 Å². The molecule has 7 heterocycles. The number of allylic oxidation sites excluding steroid dienone is 2. The van der Waals surface area contributed by atoms with Crippen LogP contribution in [0.15, 0.2) is 68.4 Å². The van der Waals surface area contributed by atoms with Gasteiger partial charge in [0.15, 0.2) is 11.0 Å². The second-order valence-corrected chi connectivity index (χ2v) is 14.5. The normalized spacial score (nSPS) is 33.6. The first-order valence-corrected chi connectivity index (χ1v) is 16.7. The van der Waals surface area contributed by atoms with Crippen LogP contribution in [0.1, 0.15) is 69.6 Å². The second kappa shape index (κ2) is 10.6. The zero-order valence-electron chi connectivity index (χ0n) is 26.9. The summed E-state index contributed by atoms with van der Waals surface area (Å²) in [4.78, 5) is 27.3. The molecule has 2 bridgehead atoms. The maximum atomic E-state index is 14.3. The first-order chi connectivity index (χ1) is 22.4. The fourth-order valence-corrected chi connectivity index (χ4v) is 8.89. The number of rotatable bonds is 4. The molecule has 3 saturated heterocycles. The summed E-state index contributed by atoms with van der Waals surface area (Å²) in [5.41, 5.74) is 13.0. The average molecular weight is 643 g/mol. The number of ether oxygens (including phenoxy) is 3. The Balaban J connectivity index is 1.08. The number of hydrogen-bond acceptors (Lipinski definition) is 11. The number of carbonyl (C=O) groups excluding carboxylic acids is 1. The second-order valence-electron chi connectivity index (χ2n) is 14.5. The molecule has 47 heavy (non-hydrogen) atoms.